The molecule has 5 rings (SSSR count). The number of hydrogen-bond donors (Lipinski definition) is 1. The van der Waals surface area contributed by atoms with E-state index in [1.807, 2.05) is 30.3 Å². The minimum Gasteiger partial charge on any atom is -0.388 e. The summed E-state index contributed by atoms with van der Waals surface area (Å²) in [5, 5.41) is 16.6. The van der Waals surface area contributed by atoms with Gasteiger partial charge in [-0.05, 0) is 43.2 Å². The molecule has 0 atom stereocenters. The number of carbonyl (C=O) groups excluding carboxylic acids is 1. The van der Waals surface area contributed by atoms with Gasteiger partial charge in [0.05, 0.1) is 34.6 Å². The average Bonchev–Trinajstić information content (AvgIpc) is 3.26. The number of benzene rings is 2. The number of aliphatic hydroxyl groups is 1. The van der Waals surface area contributed by atoms with Crippen LogP contribution < -0.4 is 5.56 Å². The van der Waals surface area contributed by atoms with Gasteiger partial charge in [0.15, 0.2) is 5.65 Å². The molecule has 0 saturated carbocycles. The molecule has 1 amide bonds. The predicted molar refractivity (Wildman–Crippen MR) is 130 cm³/mol. The van der Waals surface area contributed by atoms with Gasteiger partial charge in [-0.15, -0.1) is 0 Å². The average molecular weight is 498 g/mol. The number of amides is 1. The summed E-state index contributed by atoms with van der Waals surface area (Å²) in [5.74, 6) is -0.211. The fourth-order valence-corrected chi connectivity index (χ4v) is 4.74. The lowest BCUT2D eigenvalue weighted by Crippen LogP contribution is -2.49. The third-order valence-electron chi connectivity index (χ3n) is 6.16. The van der Waals surface area contributed by atoms with Crippen LogP contribution in [0.3, 0.4) is 0 Å². The van der Waals surface area contributed by atoms with Crippen LogP contribution in [0.25, 0.3) is 16.7 Å². The summed E-state index contributed by atoms with van der Waals surface area (Å²) in [7, 11) is 0. The van der Waals surface area contributed by atoms with Crippen LogP contribution in [0, 0.1) is 0 Å². The van der Waals surface area contributed by atoms with E-state index in [2.05, 4.69) is 10.1 Å². The van der Waals surface area contributed by atoms with E-state index < -0.39 is 5.60 Å². The Labute approximate surface area is 205 Å². The second-order valence-electron chi connectivity index (χ2n) is 8.45. The number of likely N-dealkylation sites (tertiary alicyclic amines) is 1. The van der Waals surface area contributed by atoms with Crippen molar-refractivity contribution in [2.75, 3.05) is 13.1 Å². The molecule has 1 aliphatic heterocycles. The molecule has 1 N–H and O–H groups in total. The van der Waals surface area contributed by atoms with Gasteiger partial charge in [-0.3, -0.25) is 14.2 Å². The highest BCUT2D eigenvalue weighted by Gasteiger charge is 2.35. The van der Waals surface area contributed by atoms with Gasteiger partial charge in [0.25, 0.3) is 11.5 Å². The summed E-state index contributed by atoms with van der Waals surface area (Å²) in [6.45, 7) is 0.754. The van der Waals surface area contributed by atoms with Crippen molar-refractivity contribution in [3.05, 3.63) is 87.0 Å². The highest BCUT2D eigenvalue weighted by molar-refractivity contribution is 6.36. The molecule has 0 spiro atoms. The first-order valence-corrected chi connectivity index (χ1v) is 11.6. The van der Waals surface area contributed by atoms with Crippen LogP contribution >= 0.6 is 23.2 Å². The van der Waals surface area contributed by atoms with Gasteiger partial charge in [0, 0.05) is 18.1 Å². The van der Waals surface area contributed by atoms with Crippen molar-refractivity contribution >= 4 is 40.1 Å². The molecule has 10 heteroatoms. The van der Waals surface area contributed by atoms with Gasteiger partial charge in [0.2, 0.25) is 0 Å². The molecule has 1 saturated heterocycles. The van der Waals surface area contributed by atoms with E-state index in [0.717, 1.165) is 5.69 Å². The lowest BCUT2D eigenvalue weighted by atomic mass is 9.91. The normalized spacial score (nSPS) is 15.6. The van der Waals surface area contributed by atoms with E-state index in [1.54, 1.807) is 21.7 Å². The Morgan fingerprint density at radius 2 is 1.82 bits per heavy atom. The van der Waals surface area contributed by atoms with E-state index in [-0.39, 0.29) is 18.0 Å². The Bertz CT molecular complexity index is 1430. The van der Waals surface area contributed by atoms with Crippen molar-refractivity contribution in [1.29, 1.82) is 0 Å². The van der Waals surface area contributed by atoms with Gasteiger partial charge in [0.1, 0.15) is 11.7 Å². The smallest absolute Gasteiger partial charge is 0.264 e. The molecule has 3 heterocycles. The van der Waals surface area contributed by atoms with E-state index in [4.69, 9.17) is 23.2 Å². The number of aromatic nitrogens is 4. The molecule has 174 valence electrons. The van der Waals surface area contributed by atoms with Gasteiger partial charge < -0.3 is 10.0 Å². The molecular formula is C24H21Cl2N5O3. The van der Waals surface area contributed by atoms with E-state index >= 15 is 0 Å². The largest absolute Gasteiger partial charge is 0.388 e. The summed E-state index contributed by atoms with van der Waals surface area (Å²) in [4.78, 5) is 32.0. The van der Waals surface area contributed by atoms with Gasteiger partial charge in [-0.25, -0.2) is 9.67 Å². The second-order valence-corrected chi connectivity index (χ2v) is 9.29. The number of fused-ring (bicyclic) bond motifs is 1. The van der Waals surface area contributed by atoms with Crippen molar-refractivity contribution in [3.63, 3.8) is 0 Å². The van der Waals surface area contributed by atoms with Crippen LogP contribution in [0.1, 0.15) is 23.2 Å². The minimum atomic E-state index is -1.14. The van der Waals surface area contributed by atoms with Gasteiger partial charge in [-0.1, -0.05) is 41.4 Å². The monoisotopic (exact) mass is 497 g/mol. The zero-order valence-electron chi connectivity index (χ0n) is 18.1. The Balaban J connectivity index is 1.32. The van der Waals surface area contributed by atoms with Crippen LogP contribution in [0.5, 0.6) is 0 Å². The number of hydrogen-bond acceptors (Lipinski definition) is 5. The number of nitrogens with zero attached hydrogens (tertiary/aromatic N) is 5. The molecule has 0 bridgehead atoms. The molecule has 34 heavy (non-hydrogen) atoms. The van der Waals surface area contributed by atoms with Gasteiger partial charge >= 0.3 is 0 Å². The van der Waals surface area contributed by atoms with Gasteiger partial charge in [-0.2, -0.15) is 5.10 Å². The molecule has 1 aliphatic rings. The van der Waals surface area contributed by atoms with Crippen LogP contribution in [-0.4, -0.2) is 53.9 Å². The van der Waals surface area contributed by atoms with Crippen LogP contribution in [0.15, 0.2) is 65.8 Å². The number of piperidine rings is 1. The Hall–Kier alpha value is -3.20. The van der Waals surface area contributed by atoms with E-state index in [1.165, 1.54) is 23.2 Å². The van der Waals surface area contributed by atoms with Crippen molar-refractivity contribution in [2.45, 2.75) is 25.0 Å². The fourth-order valence-electron chi connectivity index (χ4n) is 4.25. The van der Waals surface area contributed by atoms with E-state index in [0.29, 0.717) is 52.6 Å². The standard InChI is InChI=1S/C24H21Cl2N5O3/c25-16-6-7-18(20(26)12-16)22(32)29-10-8-24(34,9-11-29)14-30-15-27-21-19(23(30)33)13-28-31(21)17-4-2-1-3-5-17/h1-7,12-13,15,34H,8-11,14H2. The Morgan fingerprint density at radius 3 is 2.53 bits per heavy atom. The molecular weight excluding hydrogens is 477 g/mol. The van der Waals surface area contributed by atoms with Crippen molar-refractivity contribution in [2.24, 2.45) is 0 Å². The maximum absolute atomic E-state index is 13.1. The maximum atomic E-state index is 13.1. The van der Waals surface area contributed by atoms with Crippen LogP contribution in [0.4, 0.5) is 0 Å². The number of carbonyl (C=O) groups is 1. The first kappa shape index (κ1) is 22.6. The first-order chi connectivity index (χ1) is 16.3. The maximum Gasteiger partial charge on any atom is 0.264 e. The highest BCUT2D eigenvalue weighted by Crippen LogP contribution is 2.28. The first-order valence-electron chi connectivity index (χ1n) is 10.8. The predicted octanol–water partition coefficient (Wildman–Crippen LogP) is 3.56. The quantitative estimate of drug-likeness (QED) is 0.465. The molecule has 0 aliphatic carbocycles. The SMILES string of the molecule is O=C(c1ccc(Cl)cc1Cl)N1CCC(O)(Cn2cnc3c(cnn3-c3ccccc3)c2=O)CC1. The van der Waals surface area contributed by atoms with Crippen molar-refractivity contribution in [1.82, 2.24) is 24.2 Å². The number of rotatable bonds is 4. The third-order valence-corrected chi connectivity index (χ3v) is 6.71. The summed E-state index contributed by atoms with van der Waals surface area (Å²) < 4.78 is 3.02. The number of para-hydroxylation sites is 1. The van der Waals surface area contributed by atoms with Crippen molar-refractivity contribution < 1.29 is 9.90 Å². The van der Waals surface area contributed by atoms with Crippen LogP contribution in [-0.2, 0) is 6.54 Å². The molecule has 0 radical (unpaired) electrons. The fraction of sp³-hybridized carbons (Fsp3) is 0.250. The molecule has 4 aromatic rings. The summed E-state index contributed by atoms with van der Waals surface area (Å²) in [6, 6.07) is 14.2. The minimum absolute atomic E-state index is 0.0784. The molecule has 1 fully saturated rings. The lowest BCUT2D eigenvalue weighted by molar-refractivity contribution is -0.0299. The van der Waals surface area contributed by atoms with Crippen molar-refractivity contribution in [3.8, 4) is 5.69 Å². The Morgan fingerprint density at radius 1 is 1.09 bits per heavy atom. The summed E-state index contributed by atoms with van der Waals surface area (Å²) in [5.41, 5.74) is 0.220. The molecule has 0 unspecified atom stereocenters. The van der Waals surface area contributed by atoms with E-state index in [9.17, 15) is 14.7 Å². The zero-order valence-corrected chi connectivity index (χ0v) is 19.6. The zero-order chi connectivity index (χ0) is 23.9. The molecule has 8 nitrogen and oxygen atoms in total. The highest BCUT2D eigenvalue weighted by atomic mass is 35.5. The lowest BCUT2D eigenvalue weighted by Gasteiger charge is -2.38. The second kappa shape index (κ2) is 8.87. The molecule has 2 aromatic heterocycles. The van der Waals surface area contributed by atoms with Crippen LogP contribution in [0.2, 0.25) is 10.0 Å². The summed E-state index contributed by atoms with van der Waals surface area (Å²) in [6.07, 6.45) is 3.57. The number of halogens is 2. The third kappa shape index (κ3) is 4.20. The molecule has 2 aromatic carbocycles. The topological polar surface area (TPSA) is 93.2 Å². The Kier molecular flexibility index (Phi) is 5.89. The summed E-state index contributed by atoms with van der Waals surface area (Å²) >= 11 is 12.1.